The number of nitrogens with zero attached hydrogens (tertiary/aromatic N) is 2. The largest absolute Gasteiger partial charge is 0.480 e. The van der Waals surface area contributed by atoms with Crippen molar-refractivity contribution in [3.63, 3.8) is 0 Å². The number of carboxylic acid groups (broad SMARTS) is 2. The third-order valence-corrected chi connectivity index (χ3v) is 1.38. The average molecular weight is 262 g/mol. The Kier molecular flexibility index (Phi) is 9.95. The quantitative estimate of drug-likeness (QED) is 0.202. The van der Waals surface area contributed by atoms with Crippen LogP contribution in [0.1, 0.15) is 6.92 Å². The van der Waals surface area contributed by atoms with Gasteiger partial charge in [-0.3, -0.25) is 4.79 Å². The molecule has 1 amide bonds. The monoisotopic (exact) mass is 262 g/mol. The summed E-state index contributed by atoms with van der Waals surface area (Å²) in [6.07, 6.45) is 0.389. The van der Waals surface area contributed by atoms with Crippen molar-refractivity contribution in [2.24, 2.45) is 5.73 Å². The number of hydrogen-bond acceptors (Lipinski definition) is 5. The number of carbonyl (C=O) groups excluding carboxylic acids is 1. The van der Waals surface area contributed by atoms with Gasteiger partial charge >= 0.3 is 18.2 Å². The molecule has 0 saturated carbocycles. The second-order valence-corrected chi connectivity index (χ2v) is 2.95. The zero-order valence-electron chi connectivity index (χ0n) is 9.48. The van der Waals surface area contributed by atoms with Crippen molar-refractivity contribution < 1.29 is 34.5 Å². The summed E-state index contributed by atoms with van der Waals surface area (Å²) >= 11 is 0. The molecule has 0 saturated heterocycles. The van der Waals surface area contributed by atoms with Crippen LogP contribution in [-0.2, 0) is 14.4 Å². The van der Waals surface area contributed by atoms with E-state index in [1.165, 1.54) is 6.92 Å². The number of carboxylic acids is 2. The summed E-state index contributed by atoms with van der Waals surface area (Å²) in [5, 5.41) is 26.5. The second kappa shape index (κ2) is 9.90. The number of nitrogens with one attached hydrogen (secondary N) is 1. The van der Waals surface area contributed by atoms with Crippen LogP contribution in [0, 0.1) is 0 Å². The summed E-state index contributed by atoms with van der Waals surface area (Å²) in [6.45, 7) is 0.777. The first-order chi connectivity index (χ1) is 8.26. The van der Waals surface area contributed by atoms with E-state index in [1.807, 2.05) is 0 Å². The van der Waals surface area contributed by atoms with Gasteiger partial charge in [-0.1, -0.05) is 0 Å². The summed E-state index contributed by atoms with van der Waals surface area (Å²) in [7, 11) is 0. The van der Waals surface area contributed by atoms with Gasteiger partial charge in [0, 0.05) is 0 Å². The zero-order chi connectivity index (χ0) is 14.7. The van der Waals surface area contributed by atoms with Crippen molar-refractivity contribution in [3.8, 4) is 0 Å². The Bertz CT molecular complexity index is 349. The lowest BCUT2D eigenvalue weighted by Gasteiger charge is -2.12. The fraction of sp³-hybridized carbons (Fsp3) is 0.500. The van der Waals surface area contributed by atoms with Crippen LogP contribution in [0.3, 0.4) is 0 Å². The minimum atomic E-state index is -1.29. The molecule has 0 bridgehead atoms. The summed E-state index contributed by atoms with van der Waals surface area (Å²) < 4.78 is 0. The van der Waals surface area contributed by atoms with Crippen molar-refractivity contribution in [1.29, 1.82) is 0 Å². The molecule has 18 heavy (non-hydrogen) atoms. The van der Waals surface area contributed by atoms with Gasteiger partial charge in [-0.2, -0.15) is 4.79 Å². The molecule has 0 heterocycles. The van der Waals surface area contributed by atoms with Gasteiger partial charge in [-0.15, -0.1) is 0 Å². The van der Waals surface area contributed by atoms with E-state index < -0.39 is 36.5 Å². The summed E-state index contributed by atoms with van der Waals surface area (Å²) in [5.41, 5.74) is 12.6. The average Bonchev–Trinajstić information content (AvgIpc) is 2.25. The second-order valence-electron chi connectivity index (χ2n) is 2.95. The number of nitrogens with two attached hydrogens (primary N) is 1. The molecule has 10 nitrogen and oxygen atoms in total. The van der Waals surface area contributed by atoms with E-state index >= 15 is 0 Å². The number of carbonyl (C=O) groups is 3. The van der Waals surface area contributed by atoms with Gasteiger partial charge in [0.1, 0.15) is 6.04 Å². The molecule has 0 aliphatic heterocycles. The maximum absolute atomic E-state index is 10.8. The molecule has 0 aliphatic rings. The van der Waals surface area contributed by atoms with Gasteiger partial charge in [0.15, 0.2) is 0 Å². The molecule has 0 aromatic heterocycles. The van der Waals surface area contributed by atoms with Crippen molar-refractivity contribution in [2.75, 3.05) is 6.61 Å². The molecule has 102 valence electrons. The molecule has 0 fully saturated rings. The van der Waals surface area contributed by atoms with Gasteiger partial charge in [-0.25, -0.2) is 9.59 Å². The molecular weight excluding hydrogens is 248 g/mol. The van der Waals surface area contributed by atoms with Gasteiger partial charge in [-0.05, 0) is 6.92 Å². The van der Waals surface area contributed by atoms with E-state index in [9.17, 15) is 14.4 Å². The van der Waals surface area contributed by atoms with Crippen LogP contribution in [-0.4, -0.2) is 62.9 Å². The summed E-state index contributed by atoms with van der Waals surface area (Å²) in [4.78, 5) is 32.6. The number of rotatable bonds is 5. The highest BCUT2D eigenvalue weighted by molar-refractivity contribution is 6.19. The highest BCUT2D eigenvalue weighted by atomic mass is 16.4. The Morgan fingerprint density at radius 1 is 1.44 bits per heavy atom. The first-order valence-electron chi connectivity index (χ1n) is 4.56. The molecule has 10 heteroatoms. The highest BCUT2D eigenvalue weighted by Gasteiger charge is 2.19. The minimum absolute atomic E-state index is 0.389. The molecule has 0 aliphatic carbocycles. The number of hydrogen-bond donors (Lipinski definition) is 5. The predicted molar refractivity (Wildman–Crippen MR) is 57.6 cm³/mol. The lowest BCUT2D eigenvalue weighted by atomic mass is 10.2. The Hall–Kier alpha value is -2.29. The first kappa shape index (κ1) is 18.1. The normalized spacial score (nSPS) is 11.9. The smallest absolute Gasteiger partial charge is 0.411 e. The number of aliphatic hydroxyl groups is 1. The summed E-state index contributed by atoms with van der Waals surface area (Å²) in [5.74, 6) is -3.14. The molecule has 0 radical (unpaired) electrons. The predicted octanol–water partition coefficient (Wildman–Crippen LogP) is -2.73. The van der Waals surface area contributed by atoms with Crippen LogP contribution in [0.2, 0.25) is 0 Å². The van der Waals surface area contributed by atoms with Gasteiger partial charge in [0.05, 0.1) is 12.6 Å². The van der Waals surface area contributed by atoms with Crippen LogP contribution in [0.5, 0.6) is 0 Å². The van der Waals surface area contributed by atoms with Crippen LogP contribution in [0.4, 0.5) is 0 Å². The fourth-order valence-electron chi connectivity index (χ4n) is 0.538. The maximum atomic E-state index is 10.8. The first-order valence-corrected chi connectivity index (χ1v) is 4.56. The van der Waals surface area contributed by atoms with E-state index in [1.54, 1.807) is 0 Å². The van der Waals surface area contributed by atoms with E-state index in [4.69, 9.17) is 26.6 Å². The van der Waals surface area contributed by atoms with Crippen molar-refractivity contribution in [2.45, 2.75) is 19.0 Å². The van der Waals surface area contributed by atoms with Gasteiger partial charge in [0.25, 0.3) is 0 Å². The van der Waals surface area contributed by atoms with Gasteiger partial charge < -0.3 is 31.9 Å². The lowest BCUT2D eigenvalue weighted by molar-refractivity contribution is -0.143. The Balaban J connectivity index is 0. The standard InChI is InChI=1S/C6H12N2O4.C2H2N2O2/c1-3(7)5(10)8-4(2-9)6(11)12;3-4-1-2(5)6/h3-4,9H,2,7H2,1H3,(H,8,10)(H,11,12);1H,(H,5,6)/t3-,4-;/m0./s1. The molecule has 0 aromatic carbocycles. The van der Waals surface area contributed by atoms with Crippen molar-refractivity contribution in [1.82, 2.24) is 5.32 Å². The third-order valence-electron chi connectivity index (χ3n) is 1.38. The molecule has 0 unspecified atom stereocenters. The fourth-order valence-corrected chi connectivity index (χ4v) is 0.538. The minimum Gasteiger partial charge on any atom is -0.480 e. The Morgan fingerprint density at radius 2 is 1.94 bits per heavy atom. The highest BCUT2D eigenvalue weighted by Crippen LogP contribution is 1.84. The van der Waals surface area contributed by atoms with E-state index in [2.05, 4.69) is 10.1 Å². The molecule has 0 spiro atoms. The molecule has 2 atom stereocenters. The molecule has 0 rings (SSSR count). The van der Waals surface area contributed by atoms with Crippen LogP contribution in [0.25, 0.3) is 5.53 Å². The van der Waals surface area contributed by atoms with Crippen LogP contribution in [0.15, 0.2) is 0 Å². The number of aliphatic hydroxyl groups excluding tert-OH is 1. The SMILES string of the molecule is C[C@H](N)C(=O)N[C@@H](CO)C(=O)O.[N-]=[N+]=CC(=O)O. The van der Waals surface area contributed by atoms with Crippen molar-refractivity contribution in [3.05, 3.63) is 5.53 Å². The molecular formula is C8H14N4O6. The Labute approximate surface area is 102 Å². The van der Waals surface area contributed by atoms with E-state index in [0.29, 0.717) is 6.21 Å². The third kappa shape index (κ3) is 10.2. The zero-order valence-corrected chi connectivity index (χ0v) is 9.48. The van der Waals surface area contributed by atoms with E-state index in [-0.39, 0.29) is 0 Å². The van der Waals surface area contributed by atoms with E-state index in [0.717, 1.165) is 0 Å². The number of aliphatic carboxylic acids is 2. The maximum Gasteiger partial charge on any atom is 0.411 e. The lowest BCUT2D eigenvalue weighted by Crippen LogP contribution is -2.48. The van der Waals surface area contributed by atoms with Crippen molar-refractivity contribution >= 4 is 24.1 Å². The topological polar surface area (TPSA) is 186 Å². The summed E-state index contributed by atoms with van der Waals surface area (Å²) in [6, 6.07) is -2.05. The van der Waals surface area contributed by atoms with Crippen LogP contribution < -0.4 is 11.1 Å². The Morgan fingerprint density at radius 3 is 2.11 bits per heavy atom. The molecule has 6 N–H and O–H groups in total. The van der Waals surface area contributed by atoms with Gasteiger partial charge in [0.2, 0.25) is 5.91 Å². The molecule has 0 aromatic rings. The number of amides is 1. The van der Waals surface area contributed by atoms with Crippen LogP contribution >= 0.6 is 0 Å².